The molecule has 3 aromatic heterocycles. The quantitative estimate of drug-likeness (QED) is 0.171. The Labute approximate surface area is 259 Å². The highest BCUT2D eigenvalue weighted by Gasteiger charge is 2.37. The van der Waals surface area contributed by atoms with Crippen molar-refractivity contribution in [2.45, 2.75) is 27.7 Å². The maximum atomic E-state index is 2.68. The third-order valence-corrected chi connectivity index (χ3v) is 11.2. The molecule has 0 bridgehead atoms. The van der Waals surface area contributed by atoms with Crippen LogP contribution >= 0.6 is 11.3 Å². The van der Waals surface area contributed by atoms with Gasteiger partial charge in [-0.2, -0.15) is 0 Å². The molecular formula is C40H29BN2S. The lowest BCUT2D eigenvalue weighted by Gasteiger charge is -2.29. The minimum Gasteiger partial charge on any atom is -0.375 e. The van der Waals surface area contributed by atoms with Crippen LogP contribution in [0.5, 0.6) is 0 Å². The molecule has 10 rings (SSSR count). The smallest absolute Gasteiger partial charge is 0.332 e. The zero-order chi connectivity index (χ0) is 29.4. The summed E-state index contributed by atoms with van der Waals surface area (Å²) in [7, 11) is 0. The number of hydrogen-bond donors (Lipinski definition) is 0. The predicted molar refractivity (Wildman–Crippen MR) is 192 cm³/mol. The van der Waals surface area contributed by atoms with Crippen molar-refractivity contribution in [2.24, 2.45) is 0 Å². The van der Waals surface area contributed by atoms with E-state index < -0.39 is 0 Å². The van der Waals surface area contributed by atoms with Crippen molar-refractivity contribution in [2.75, 3.05) is 0 Å². The molecule has 1 aliphatic rings. The molecule has 2 nitrogen and oxygen atoms in total. The summed E-state index contributed by atoms with van der Waals surface area (Å²) in [6, 6.07) is 39.2. The molecule has 0 aliphatic carbocycles. The Kier molecular flexibility index (Phi) is 4.72. The monoisotopic (exact) mass is 580 g/mol. The number of para-hydroxylation sites is 2. The zero-order valence-corrected chi connectivity index (χ0v) is 26.0. The summed E-state index contributed by atoms with van der Waals surface area (Å²) < 4.78 is 7.97. The third kappa shape index (κ3) is 2.97. The second-order valence-corrected chi connectivity index (χ2v) is 13.9. The van der Waals surface area contributed by atoms with Crippen LogP contribution in [0.1, 0.15) is 22.3 Å². The molecule has 0 N–H and O–H groups in total. The van der Waals surface area contributed by atoms with Crippen molar-refractivity contribution in [3.8, 4) is 5.69 Å². The van der Waals surface area contributed by atoms with E-state index >= 15 is 0 Å². The van der Waals surface area contributed by atoms with E-state index in [1.807, 2.05) is 11.3 Å². The molecular weight excluding hydrogens is 551 g/mol. The van der Waals surface area contributed by atoms with Gasteiger partial charge in [-0.15, -0.1) is 11.3 Å². The standard InChI is InChI=1S/C40H29BN2S/c1-22-18-24(3)37-29(20-22)30-21-23(2)19-25(4)38(30)43(37)41-31-12-6-7-14-33(31)42-34-17-16-27-26-10-5-8-15-35(26)44-40(27)36(34)28-11-9-13-32(41)39(28)42/h5-21H,1-4H3. The minimum atomic E-state index is 0.0485. The Balaban J connectivity index is 1.42. The first-order chi connectivity index (χ1) is 21.5. The lowest BCUT2D eigenvalue weighted by Crippen LogP contribution is -2.53. The van der Waals surface area contributed by atoms with Crippen LogP contribution in [0.4, 0.5) is 0 Å². The number of benzene rings is 6. The van der Waals surface area contributed by atoms with Gasteiger partial charge in [-0.25, -0.2) is 0 Å². The van der Waals surface area contributed by atoms with Crippen LogP contribution in [0, 0.1) is 27.7 Å². The van der Waals surface area contributed by atoms with Crippen molar-refractivity contribution in [1.29, 1.82) is 0 Å². The first-order valence-corrected chi connectivity index (χ1v) is 16.3. The highest BCUT2D eigenvalue weighted by molar-refractivity contribution is 7.26. The highest BCUT2D eigenvalue weighted by atomic mass is 32.1. The van der Waals surface area contributed by atoms with Gasteiger partial charge in [-0.1, -0.05) is 83.9 Å². The normalized spacial score (nSPS) is 13.0. The van der Waals surface area contributed by atoms with Gasteiger partial charge in [0.1, 0.15) is 0 Å². The SMILES string of the molecule is Cc1cc(C)c2c(c1)c1cc(C)cc(C)c1n2B1c2ccccc2-n2c3ccc4c5ccccc5sc4c3c3cccc1c32. The number of hydrogen-bond acceptors (Lipinski definition) is 1. The van der Waals surface area contributed by atoms with Crippen LogP contribution < -0.4 is 10.9 Å². The first-order valence-electron chi connectivity index (χ1n) is 15.5. The Morgan fingerprint density at radius 3 is 1.98 bits per heavy atom. The summed E-state index contributed by atoms with van der Waals surface area (Å²) in [5.74, 6) is 0. The zero-order valence-electron chi connectivity index (χ0n) is 25.2. The summed E-state index contributed by atoms with van der Waals surface area (Å²) in [5.41, 5.74) is 14.6. The number of fused-ring (bicyclic) bond motifs is 12. The van der Waals surface area contributed by atoms with Crippen LogP contribution in [0.25, 0.3) is 69.5 Å². The van der Waals surface area contributed by atoms with Crippen LogP contribution in [0.2, 0.25) is 0 Å². The molecule has 6 aromatic carbocycles. The lowest BCUT2D eigenvalue weighted by atomic mass is 9.48. The Hall–Kier alpha value is -4.80. The molecule has 0 unspecified atom stereocenters. The molecule has 1 aliphatic heterocycles. The largest absolute Gasteiger partial charge is 0.375 e. The number of nitrogens with zero attached hydrogens (tertiary/aromatic N) is 2. The van der Waals surface area contributed by atoms with E-state index in [2.05, 4.69) is 140 Å². The van der Waals surface area contributed by atoms with Gasteiger partial charge < -0.3 is 9.05 Å². The van der Waals surface area contributed by atoms with Crippen molar-refractivity contribution in [3.05, 3.63) is 125 Å². The second kappa shape index (κ2) is 8.43. The van der Waals surface area contributed by atoms with Crippen LogP contribution in [-0.4, -0.2) is 15.9 Å². The summed E-state index contributed by atoms with van der Waals surface area (Å²) in [4.78, 5) is 0. The molecule has 0 saturated carbocycles. The van der Waals surface area contributed by atoms with Gasteiger partial charge in [0.05, 0.1) is 11.0 Å². The summed E-state index contributed by atoms with van der Waals surface area (Å²) in [5, 5.41) is 8.12. The van der Waals surface area contributed by atoms with Gasteiger partial charge in [-0.05, 0) is 80.1 Å². The number of rotatable bonds is 1. The molecule has 4 heterocycles. The molecule has 0 amide bonds. The van der Waals surface area contributed by atoms with E-state index in [0.717, 1.165) is 0 Å². The van der Waals surface area contributed by atoms with Crippen molar-refractivity contribution in [3.63, 3.8) is 0 Å². The Bertz CT molecular complexity index is 2650. The topological polar surface area (TPSA) is 9.86 Å². The summed E-state index contributed by atoms with van der Waals surface area (Å²) >= 11 is 1.93. The average Bonchev–Trinajstić information content (AvgIpc) is 3.66. The fraction of sp³-hybridized carbons (Fsp3) is 0.100. The first kappa shape index (κ1) is 24.6. The van der Waals surface area contributed by atoms with E-state index in [9.17, 15) is 0 Å². The van der Waals surface area contributed by atoms with Crippen molar-refractivity contribution < 1.29 is 0 Å². The molecule has 0 spiro atoms. The van der Waals surface area contributed by atoms with E-state index in [4.69, 9.17) is 0 Å². The lowest BCUT2D eigenvalue weighted by molar-refractivity contribution is 1.18. The van der Waals surface area contributed by atoms with Crippen molar-refractivity contribution >= 4 is 92.9 Å². The predicted octanol–water partition coefficient (Wildman–Crippen LogP) is 9.46. The second-order valence-electron chi connectivity index (χ2n) is 12.8. The molecule has 208 valence electrons. The van der Waals surface area contributed by atoms with Crippen LogP contribution in [-0.2, 0) is 0 Å². The molecule has 4 heteroatoms. The minimum absolute atomic E-state index is 0.0485. The summed E-state index contributed by atoms with van der Waals surface area (Å²) in [6.45, 7) is 9.08. The Morgan fingerprint density at radius 2 is 1.20 bits per heavy atom. The van der Waals surface area contributed by atoms with Crippen molar-refractivity contribution in [1.82, 2.24) is 9.05 Å². The van der Waals surface area contributed by atoms with Gasteiger partial charge in [-0.3, -0.25) is 0 Å². The van der Waals surface area contributed by atoms with E-state index in [-0.39, 0.29) is 6.85 Å². The molecule has 0 radical (unpaired) electrons. The van der Waals surface area contributed by atoms with E-state index in [0.29, 0.717) is 0 Å². The fourth-order valence-electron chi connectivity index (χ4n) is 8.54. The highest BCUT2D eigenvalue weighted by Crippen LogP contribution is 2.44. The summed E-state index contributed by atoms with van der Waals surface area (Å²) in [6.07, 6.45) is 0. The Morgan fingerprint density at radius 1 is 0.545 bits per heavy atom. The van der Waals surface area contributed by atoms with Gasteiger partial charge in [0.15, 0.2) is 0 Å². The average molecular weight is 581 g/mol. The molecule has 44 heavy (non-hydrogen) atoms. The van der Waals surface area contributed by atoms with Gasteiger partial charge in [0, 0.05) is 58.4 Å². The third-order valence-electron chi connectivity index (χ3n) is 10.0. The van der Waals surface area contributed by atoms with E-state index in [1.165, 1.54) is 103 Å². The van der Waals surface area contributed by atoms with Gasteiger partial charge in [0.25, 0.3) is 0 Å². The van der Waals surface area contributed by atoms with Crippen LogP contribution in [0.3, 0.4) is 0 Å². The van der Waals surface area contributed by atoms with Gasteiger partial charge >= 0.3 is 6.85 Å². The maximum absolute atomic E-state index is 2.68. The maximum Gasteiger partial charge on any atom is 0.332 e. The molecule has 0 atom stereocenters. The van der Waals surface area contributed by atoms with Crippen LogP contribution in [0.15, 0.2) is 103 Å². The van der Waals surface area contributed by atoms with Gasteiger partial charge in [0.2, 0.25) is 0 Å². The number of aromatic nitrogens is 2. The molecule has 9 aromatic rings. The fourth-order valence-corrected chi connectivity index (χ4v) is 9.80. The molecule has 0 saturated heterocycles. The number of thiophene rings is 1. The number of aryl methyl sites for hydroxylation is 4. The van der Waals surface area contributed by atoms with E-state index in [1.54, 1.807) is 0 Å². The molecule has 0 fully saturated rings.